The molecular formula is C7H15NO2S3. The number of rotatable bonds is 6. The molecule has 0 aromatic carbocycles. The van der Waals surface area contributed by atoms with Crippen molar-refractivity contribution in [3.05, 3.63) is 0 Å². The minimum atomic E-state index is -0.310. The van der Waals surface area contributed by atoms with Gasteiger partial charge in [-0.1, -0.05) is 24.6 Å². The molecule has 78 valence electrons. The fraction of sp³-hybridized carbons (Fsp3) is 0.857. The van der Waals surface area contributed by atoms with Crippen LogP contribution < -0.4 is 4.72 Å². The molecule has 0 aliphatic heterocycles. The SMILES string of the molecule is CSSNC(CS)OC(=O)C(C)C. The van der Waals surface area contributed by atoms with E-state index in [1.54, 1.807) is 24.6 Å². The number of carbonyl (C=O) groups excluding carboxylic acids is 1. The Morgan fingerprint density at radius 2 is 2.23 bits per heavy atom. The Labute approximate surface area is 92.7 Å². The maximum atomic E-state index is 11.2. The zero-order chi connectivity index (χ0) is 10.3. The molecule has 13 heavy (non-hydrogen) atoms. The lowest BCUT2D eigenvalue weighted by molar-refractivity contribution is -0.152. The summed E-state index contributed by atoms with van der Waals surface area (Å²) in [5.74, 6) is 0.183. The van der Waals surface area contributed by atoms with E-state index in [9.17, 15) is 4.79 Å². The lowest BCUT2D eigenvalue weighted by Crippen LogP contribution is -2.32. The Kier molecular flexibility index (Phi) is 8.13. The van der Waals surface area contributed by atoms with Gasteiger partial charge in [0.05, 0.1) is 5.92 Å². The Balaban J connectivity index is 3.76. The lowest BCUT2D eigenvalue weighted by atomic mass is 10.2. The molecule has 0 aliphatic rings. The first-order chi connectivity index (χ1) is 6.11. The van der Waals surface area contributed by atoms with Crippen molar-refractivity contribution in [3.63, 3.8) is 0 Å². The monoisotopic (exact) mass is 241 g/mol. The van der Waals surface area contributed by atoms with Crippen molar-refractivity contribution in [3.8, 4) is 0 Å². The summed E-state index contributed by atoms with van der Waals surface area (Å²) in [7, 11) is 3.00. The predicted molar refractivity (Wildman–Crippen MR) is 62.8 cm³/mol. The van der Waals surface area contributed by atoms with Gasteiger partial charge < -0.3 is 4.74 Å². The van der Waals surface area contributed by atoms with Gasteiger partial charge in [-0.05, 0) is 17.2 Å². The van der Waals surface area contributed by atoms with Crippen LogP contribution in [0.5, 0.6) is 0 Å². The lowest BCUT2D eigenvalue weighted by Gasteiger charge is -2.16. The number of hydrogen-bond donors (Lipinski definition) is 2. The van der Waals surface area contributed by atoms with Crippen molar-refractivity contribution in [1.29, 1.82) is 0 Å². The van der Waals surface area contributed by atoms with E-state index >= 15 is 0 Å². The van der Waals surface area contributed by atoms with E-state index < -0.39 is 0 Å². The molecule has 0 aromatic heterocycles. The fourth-order valence-corrected chi connectivity index (χ4v) is 1.71. The van der Waals surface area contributed by atoms with Crippen LogP contribution in [-0.2, 0) is 9.53 Å². The fourth-order valence-electron chi connectivity index (χ4n) is 0.477. The van der Waals surface area contributed by atoms with E-state index in [4.69, 9.17) is 4.74 Å². The standard InChI is InChI=1S/C7H15NO2S3/c1-5(2)7(9)10-6(4-11)8-13-12-3/h5-6,8,11H,4H2,1-3H3. The summed E-state index contributed by atoms with van der Waals surface area (Å²) in [6, 6.07) is 0. The summed E-state index contributed by atoms with van der Waals surface area (Å²) < 4.78 is 8.07. The number of hydrogen-bond acceptors (Lipinski definition) is 6. The zero-order valence-corrected chi connectivity index (χ0v) is 10.5. The second-order valence-corrected chi connectivity index (χ2v) is 5.23. The topological polar surface area (TPSA) is 38.3 Å². The van der Waals surface area contributed by atoms with Crippen molar-refractivity contribution >= 4 is 40.4 Å². The minimum absolute atomic E-state index is 0.0940. The van der Waals surface area contributed by atoms with Crippen LogP contribution in [0.15, 0.2) is 0 Å². The zero-order valence-electron chi connectivity index (χ0n) is 7.94. The third-order valence-electron chi connectivity index (χ3n) is 1.16. The molecule has 0 spiro atoms. The molecule has 0 fully saturated rings. The Morgan fingerprint density at radius 1 is 1.62 bits per heavy atom. The average molecular weight is 241 g/mol. The summed E-state index contributed by atoms with van der Waals surface area (Å²) in [5, 5.41) is 0. The summed E-state index contributed by atoms with van der Waals surface area (Å²) >= 11 is 4.07. The molecule has 0 aromatic rings. The van der Waals surface area contributed by atoms with Crippen LogP contribution >= 0.6 is 34.4 Å². The molecule has 0 aliphatic carbocycles. The summed E-state index contributed by atoms with van der Waals surface area (Å²) in [5.41, 5.74) is 0. The van der Waals surface area contributed by atoms with Crippen molar-refractivity contribution in [2.75, 3.05) is 12.0 Å². The van der Waals surface area contributed by atoms with Crippen LogP contribution in [-0.4, -0.2) is 24.2 Å². The number of esters is 1. The third kappa shape index (κ3) is 6.54. The highest BCUT2D eigenvalue weighted by Crippen LogP contribution is 2.14. The van der Waals surface area contributed by atoms with Crippen molar-refractivity contribution in [2.24, 2.45) is 5.92 Å². The summed E-state index contributed by atoms with van der Waals surface area (Å²) in [6.07, 6.45) is 1.63. The van der Waals surface area contributed by atoms with Crippen LogP contribution in [0.2, 0.25) is 0 Å². The largest absolute Gasteiger partial charge is 0.445 e. The van der Waals surface area contributed by atoms with Crippen LogP contribution in [0, 0.1) is 5.92 Å². The van der Waals surface area contributed by atoms with E-state index in [1.807, 2.05) is 6.26 Å². The van der Waals surface area contributed by atoms with Gasteiger partial charge in [-0.15, -0.1) is 0 Å². The number of ether oxygens (including phenoxy) is 1. The van der Waals surface area contributed by atoms with Gasteiger partial charge in [0.25, 0.3) is 0 Å². The van der Waals surface area contributed by atoms with Gasteiger partial charge in [-0.25, -0.2) is 4.72 Å². The van der Waals surface area contributed by atoms with E-state index in [-0.39, 0.29) is 18.1 Å². The first-order valence-electron chi connectivity index (χ1n) is 3.88. The Morgan fingerprint density at radius 3 is 2.62 bits per heavy atom. The Hall–Kier alpha value is 0.480. The smallest absolute Gasteiger partial charge is 0.309 e. The van der Waals surface area contributed by atoms with Gasteiger partial charge in [-0.3, -0.25) is 4.79 Å². The highest BCUT2D eigenvalue weighted by Gasteiger charge is 2.14. The van der Waals surface area contributed by atoms with Gasteiger partial charge >= 0.3 is 5.97 Å². The maximum Gasteiger partial charge on any atom is 0.309 e. The maximum absolute atomic E-state index is 11.2. The second-order valence-electron chi connectivity index (χ2n) is 2.63. The molecule has 0 heterocycles. The van der Waals surface area contributed by atoms with E-state index in [1.165, 1.54) is 11.0 Å². The van der Waals surface area contributed by atoms with Gasteiger partial charge in [0.1, 0.15) is 0 Å². The molecule has 0 bridgehead atoms. The van der Waals surface area contributed by atoms with Gasteiger partial charge in [-0.2, -0.15) is 12.6 Å². The predicted octanol–water partition coefficient (Wildman–Crippen LogP) is 1.96. The van der Waals surface area contributed by atoms with Crippen molar-refractivity contribution < 1.29 is 9.53 Å². The van der Waals surface area contributed by atoms with Gasteiger partial charge in [0.2, 0.25) is 0 Å². The molecule has 1 atom stereocenters. The molecule has 0 saturated heterocycles. The summed E-state index contributed by atoms with van der Waals surface area (Å²) in [4.78, 5) is 11.2. The molecule has 1 N–H and O–H groups in total. The molecule has 0 amide bonds. The number of nitrogens with one attached hydrogen (secondary N) is 1. The highest BCUT2D eigenvalue weighted by molar-refractivity contribution is 8.75. The normalized spacial score (nSPS) is 13.0. The quantitative estimate of drug-likeness (QED) is 0.244. The van der Waals surface area contributed by atoms with Crippen molar-refractivity contribution in [1.82, 2.24) is 4.72 Å². The molecule has 1 unspecified atom stereocenters. The van der Waals surface area contributed by atoms with Gasteiger partial charge in [0.15, 0.2) is 6.23 Å². The molecule has 3 nitrogen and oxygen atoms in total. The van der Waals surface area contributed by atoms with E-state index in [0.29, 0.717) is 5.75 Å². The number of carbonyl (C=O) groups is 1. The Bertz CT molecular complexity index is 155. The van der Waals surface area contributed by atoms with Gasteiger partial charge in [0, 0.05) is 5.75 Å². The molecule has 0 saturated carbocycles. The third-order valence-corrected chi connectivity index (χ3v) is 2.80. The van der Waals surface area contributed by atoms with E-state index in [0.717, 1.165) is 0 Å². The van der Waals surface area contributed by atoms with Crippen LogP contribution in [0.25, 0.3) is 0 Å². The average Bonchev–Trinajstić information content (AvgIpc) is 2.11. The van der Waals surface area contributed by atoms with Crippen LogP contribution in [0.3, 0.4) is 0 Å². The molecule has 0 rings (SSSR count). The number of thiol groups is 1. The summed E-state index contributed by atoms with van der Waals surface area (Å²) in [6.45, 7) is 3.61. The van der Waals surface area contributed by atoms with E-state index in [2.05, 4.69) is 17.4 Å². The van der Waals surface area contributed by atoms with Crippen molar-refractivity contribution in [2.45, 2.75) is 20.1 Å². The highest BCUT2D eigenvalue weighted by atomic mass is 33.1. The minimum Gasteiger partial charge on any atom is -0.445 e. The first-order valence-corrected chi connectivity index (χ1v) is 7.07. The molecular weight excluding hydrogens is 226 g/mol. The first kappa shape index (κ1) is 13.5. The second kappa shape index (κ2) is 7.84. The molecule has 0 radical (unpaired) electrons. The molecule has 6 heteroatoms. The van der Waals surface area contributed by atoms with Crippen LogP contribution in [0.4, 0.5) is 0 Å². The van der Waals surface area contributed by atoms with Crippen LogP contribution in [0.1, 0.15) is 13.8 Å².